The van der Waals surface area contributed by atoms with Gasteiger partial charge < -0.3 is 15.3 Å². The summed E-state index contributed by atoms with van der Waals surface area (Å²) in [4.78, 5) is 10.9. The first kappa shape index (κ1) is 19.2. The molecule has 0 heterocycles. The highest BCUT2D eigenvalue weighted by molar-refractivity contribution is 7.89. The number of aromatic hydroxyl groups is 2. The van der Waals surface area contributed by atoms with Crippen molar-refractivity contribution in [2.24, 2.45) is 0 Å². The minimum atomic E-state index is -3.72. The van der Waals surface area contributed by atoms with Crippen LogP contribution in [0, 0.1) is 0 Å². The molecule has 3 rings (SSSR count). The summed E-state index contributed by atoms with van der Waals surface area (Å²) in [7, 11) is -3.72. The van der Waals surface area contributed by atoms with Crippen molar-refractivity contribution in [3.8, 4) is 11.5 Å². The van der Waals surface area contributed by atoms with E-state index in [2.05, 4.69) is 4.72 Å². The third-order valence-electron chi connectivity index (χ3n) is 4.91. The lowest BCUT2D eigenvalue weighted by Crippen LogP contribution is -2.37. The van der Waals surface area contributed by atoms with Crippen molar-refractivity contribution < 1.29 is 28.5 Å². The minimum absolute atomic E-state index is 0.00612. The Balaban J connectivity index is 1.63. The number of carboxylic acids is 1. The molecule has 2 aromatic rings. The topological polar surface area (TPSA) is 124 Å². The molecular formula is C19H21NO6S. The van der Waals surface area contributed by atoms with Gasteiger partial charge in [0, 0.05) is 12.1 Å². The summed E-state index contributed by atoms with van der Waals surface area (Å²) >= 11 is 0. The molecule has 0 aromatic heterocycles. The van der Waals surface area contributed by atoms with Gasteiger partial charge in [-0.3, -0.25) is 0 Å². The first-order valence-corrected chi connectivity index (χ1v) is 10.1. The first-order chi connectivity index (χ1) is 12.8. The van der Waals surface area contributed by atoms with Gasteiger partial charge in [0.2, 0.25) is 10.0 Å². The predicted octanol–water partition coefficient (Wildman–Crippen LogP) is 2.80. The number of nitrogens with one attached hydrogen (secondary N) is 1. The Morgan fingerprint density at radius 3 is 2.15 bits per heavy atom. The Morgan fingerprint density at radius 2 is 1.59 bits per heavy atom. The van der Waals surface area contributed by atoms with Crippen molar-refractivity contribution in [3.05, 3.63) is 53.6 Å². The SMILES string of the molecule is O=C(O)c1ccc(S(=O)(=O)N[C@H]2CC[C@H](c3ccc(O)cc3O)CC2)cc1. The lowest BCUT2D eigenvalue weighted by atomic mass is 9.81. The third-order valence-corrected chi connectivity index (χ3v) is 6.45. The predicted molar refractivity (Wildman–Crippen MR) is 98.5 cm³/mol. The van der Waals surface area contributed by atoms with Gasteiger partial charge in [-0.05, 0) is 67.5 Å². The fourth-order valence-corrected chi connectivity index (χ4v) is 4.77. The first-order valence-electron chi connectivity index (χ1n) is 8.64. The highest BCUT2D eigenvalue weighted by Gasteiger charge is 2.27. The van der Waals surface area contributed by atoms with Crippen LogP contribution in [0.25, 0.3) is 0 Å². The van der Waals surface area contributed by atoms with E-state index in [9.17, 15) is 23.4 Å². The zero-order chi connectivity index (χ0) is 19.6. The molecule has 1 aliphatic carbocycles. The lowest BCUT2D eigenvalue weighted by Gasteiger charge is -2.29. The number of hydrogen-bond acceptors (Lipinski definition) is 5. The average Bonchev–Trinajstić information content (AvgIpc) is 2.62. The van der Waals surface area contributed by atoms with Gasteiger partial charge in [0.05, 0.1) is 10.5 Å². The van der Waals surface area contributed by atoms with E-state index in [0.29, 0.717) is 25.7 Å². The monoisotopic (exact) mass is 391 g/mol. The van der Waals surface area contributed by atoms with Crippen molar-refractivity contribution in [1.82, 2.24) is 4.72 Å². The van der Waals surface area contributed by atoms with Crippen LogP contribution in [0.3, 0.4) is 0 Å². The molecule has 0 unspecified atom stereocenters. The van der Waals surface area contributed by atoms with Crippen LogP contribution in [0.15, 0.2) is 47.4 Å². The van der Waals surface area contributed by atoms with E-state index >= 15 is 0 Å². The second kappa shape index (κ2) is 7.58. The number of rotatable bonds is 5. The standard InChI is InChI=1S/C19H21NO6S/c21-15-7-10-17(18(22)11-15)12-1-5-14(6-2-12)20-27(25,26)16-8-3-13(4-9-16)19(23)24/h3-4,7-12,14,20-22H,1-2,5-6H2,(H,23,24)/t12-,14-. The molecule has 1 aliphatic rings. The van der Waals surface area contributed by atoms with Crippen molar-refractivity contribution in [1.29, 1.82) is 0 Å². The Hall–Kier alpha value is -2.58. The largest absolute Gasteiger partial charge is 0.508 e. The van der Waals surface area contributed by atoms with Crippen LogP contribution in [0.1, 0.15) is 47.5 Å². The van der Waals surface area contributed by atoms with Crippen molar-refractivity contribution in [3.63, 3.8) is 0 Å². The fourth-order valence-electron chi connectivity index (χ4n) is 3.46. The van der Waals surface area contributed by atoms with E-state index in [0.717, 1.165) is 5.56 Å². The number of carboxylic acid groups (broad SMARTS) is 1. The highest BCUT2D eigenvalue weighted by Crippen LogP contribution is 2.38. The maximum Gasteiger partial charge on any atom is 0.335 e. The fraction of sp³-hybridized carbons (Fsp3) is 0.316. The average molecular weight is 391 g/mol. The molecule has 27 heavy (non-hydrogen) atoms. The second-order valence-electron chi connectivity index (χ2n) is 6.74. The van der Waals surface area contributed by atoms with E-state index in [1.165, 1.54) is 36.4 Å². The van der Waals surface area contributed by atoms with Gasteiger partial charge in [-0.2, -0.15) is 0 Å². The molecule has 4 N–H and O–H groups in total. The molecule has 0 amide bonds. The van der Waals surface area contributed by atoms with Gasteiger partial charge in [-0.15, -0.1) is 0 Å². The molecule has 0 spiro atoms. The zero-order valence-corrected chi connectivity index (χ0v) is 15.3. The van der Waals surface area contributed by atoms with Crippen molar-refractivity contribution in [2.75, 3.05) is 0 Å². The Labute approximate surface area is 157 Å². The minimum Gasteiger partial charge on any atom is -0.508 e. The Kier molecular flexibility index (Phi) is 5.38. The number of phenolic OH excluding ortho intramolecular Hbond substituents is 2. The van der Waals surface area contributed by atoms with Gasteiger partial charge in [-0.25, -0.2) is 17.9 Å². The van der Waals surface area contributed by atoms with Gasteiger partial charge in [-0.1, -0.05) is 6.07 Å². The smallest absolute Gasteiger partial charge is 0.335 e. The molecule has 0 aliphatic heterocycles. The summed E-state index contributed by atoms with van der Waals surface area (Å²) < 4.78 is 27.7. The normalized spacial score (nSPS) is 20.3. The maximum absolute atomic E-state index is 12.5. The van der Waals surface area contributed by atoms with Crippen LogP contribution in [0.2, 0.25) is 0 Å². The molecule has 144 valence electrons. The van der Waals surface area contributed by atoms with Crippen LogP contribution in [-0.2, 0) is 10.0 Å². The number of phenols is 2. The molecule has 0 atom stereocenters. The van der Waals surface area contributed by atoms with Crippen LogP contribution in [0.4, 0.5) is 0 Å². The number of hydrogen-bond donors (Lipinski definition) is 4. The summed E-state index contributed by atoms with van der Waals surface area (Å²) in [5.41, 5.74) is 0.793. The summed E-state index contributed by atoms with van der Waals surface area (Å²) in [5.74, 6) is -0.937. The molecule has 2 aromatic carbocycles. The molecule has 1 saturated carbocycles. The molecule has 7 nitrogen and oxygen atoms in total. The number of benzene rings is 2. The molecule has 0 bridgehead atoms. The van der Waals surface area contributed by atoms with Gasteiger partial charge in [0.25, 0.3) is 0 Å². The lowest BCUT2D eigenvalue weighted by molar-refractivity contribution is 0.0696. The Bertz CT molecular complexity index is 931. The van der Waals surface area contributed by atoms with E-state index in [-0.39, 0.29) is 33.9 Å². The zero-order valence-electron chi connectivity index (χ0n) is 14.5. The van der Waals surface area contributed by atoms with Crippen molar-refractivity contribution >= 4 is 16.0 Å². The van der Waals surface area contributed by atoms with E-state index in [4.69, 9.17) is 5.11 Å². The van der Waals surface area contributed by atoms with Gasteiger partial charge >= 0.3 is 5.97 Å². The summed E-state index contributed by atoms with van der Waals surface area (Å²) in [6.45, 7) is 0. The van der Waals surface area contributed by atoms with E-state index in [1.807, 2.05) is 0 Å². The maximum atomic E-state index is 12.5. The molecule has 0 radical (unpaired) electrons. The number of aromatic carboxylic acids is 1. The molecule has 1 fully saturated rings. The summed E-state index contributed by atoms with van der Waals surface area (Å²) in [6, 6.07) is 9.42. The van der Waals surface area contributed by atoms with Crippen LogP contribution < -0.4 is 4.72 Å². The van der Waals surface area contributed by atoms with Crippen LogP contribution in [0.5, 0.6) is 11.5 Å². The van der Waals surface area contributed by atoms with E-state index < -0.39 is 16.0 Å². The molecule has 8 heteroatoms. The number of carbonyl (C=O) groups is 1. The van der Waals surface area contributed by atoms with Gasteiger partial charge in [0.15, 0.2) is 0 Å². The molecular weight excluding hydrogens is 370 g/mol. The van der Waals surface area contributed by atoms with Crippen LogP contribution >= 0.6 is 0 Å². The Morgan fingerprint density at radius 1 is 0.963 bits per heavy atom. The highest BCUT2D eigenvalue weighted by atomic mass is 32.2. The molecule has 0 saturated heterocycles. The van der Waals surface area contributed by atoms with Gasteiger partial charge in [0.1, 0.15) is 11.5 Å². The van der Waals surface area contributed by atoms with Crippen LogP contribution in [-0.4, -0.2) is 35.7 Å². The second-order valence-corrected chi connectivity index (χ2v) is 8.46. The third kappa shape index (κ3) is 4.40. The van der Waals surface area contributed by atoms with Crippen molar-refractivity contribution in [2.45, 2.75) is 42.5 Å². The number of sulfonamides is 1. The summed E-state index contributed by atoms with van der Waals surface area (Å²) in [5, 5.41) is 28.3. The van der Waals surface area contributed by atoms with E-state index in [1.54, 1.807) is 6.07 Å². The summed E-state index contributed by atoms with van der Waals surface area (Å²) in [6.07, 6.45) is 2.67. The quantitative estimate of drug-likeness (QED) is 0.621.